The maximum atomic E-state index is 2.20. The Bertz CT molecular complexity index is 56.9. The molecule has 0 aliphatic heterocycles. The van der Waals surface area contributed by atoms with E-state index in [9.17, 15) is 0 Å². The highest BCUT2D eigenvalue weighted by Crippen LogP contribution is 2.49. The normalized spacial score (nSPS) is 11.0. The molecule has 0 aromatic heterocycles. The van der Waals surface area contributed by atoms with Crippen LogP contribution in [0.15, 0.2) is 0 Å². The fourth-order valence-electron chi connectivity index (χ4n) is 0.224. The minimum Gasteiger partial charge on any atom is -0.163 e. The molecule has 0 amide bonds. The van der Waals surface area contributed by atoms with Gasteiger partial charge in [0.05, 0.1) is 0 Å². The molecular formula is C3H10BPS5. The Hall–Kier alpha value is 2.24. The average Bonchev–Trinajstić information content (AvgIpc) is 1.97. The van der Waals surface area contributed by atoms with Gasteiger partial charge in [-0.2, -0.15) is 11.2 Å². The van der Waals surface area contributed by atoms with Gasteiger partial charge in [0.2, 0.25) is 0 Å². The van der Waals surface area contributed by atoms with Crippen LogP contribution in [0.5, 0.6) is 0 Å². The molecule has 0 N–H and O–H groups in total. The summed E-state index contributed by atoms with van der Waals surface area (Å²) in [5, 5.41) is 0. The molecule has 0 saturated heterocycles. The molecule has 60 valence electrons. The van der Waals surface area contributed by atoms with Gasteiger partial charge in [0, 0.05) is 0 Å². The molecule has 0 radical (unpaired) electrons. The van der Waals surface area contributed by atoms with Crippen molar-refractivity contribution in [3.05, 3.63) is 0 Å². The molecular weight excluding hydrogens is 238 g/mol. The zero-order valence-electron chi connectivity index (χ0n) is 5.96. The number of rotatable bonds is 7. The number of hydrogen-bond donors (Lipinski definition) is 0. The third-order valence-electron chi connectivity index (χ3n) is 0.485. The minimum absolute atomic E-state index is 1.01. The number of hydrogen-bond acceptors (Lipinski definition) is 5. The van der Waals surface area contributed by atoms with Crippen molar-refractivity contribution in [1.29, 1.82) is 0 Å². The van der Waals surface area contributed by atoms with E-state index in [2.05, 4.69) is 13.2 Å². The van der Waals surface area contributed by atoms with Gasteiger partial charge in [0.15, 0.2) is 0 Å². The van der Waals surface area contributed by atoms with Gasteiger partial charge in [0.25, 0.3) is 5.84 Å². The highest BCUT2D eigenvalue weighted by Gasteiger charge is 1.91. The third kappa shape index (κ3) is 10.2. The second-order valence-electron chi connectivity index (χ2n) is 1.12. The summed E-state index contributed by atoms with van der Waals surface area (Å²) < 4.78 is 0. The Labute approximate surface area is 85.1 Å². The first-order valence-electron chi connectivity index (χ1n) is 2.72. The van der Waals surface area contributed by atoms with Crippen LogP contribution in [-0.2, 0) is 0 Å². The largest absolute Gasteiger partial charge is 0.276 e. The van der Waals surface area contributed by atoms with Crippen LogP contribution in [0.2, 0.25) is 0 Å². The monoisotopic (exact) mass is 248 g/mol. The molecule has 0 nitrogen and oxygen atoms in total. The molecule has 1 atom stereocenters. The summed E-state index contributed by atoms with van der Waals surface area (Å²) >= 11 is 2.03. The predicted molar refractivity (Wildman–Crippen MR) is 69.9 cm³/mol. The summed E-state index contributed by atoms with van der Waals surface area (Å²) in [5.41, 5.74) is 0. The van der Waals surface area contributed by atoms with E-state index in [-0.39, 0.29) is 0 Å². The van der Waals surface area contributed by atoms with E-state index in [1.165, 1.54) is 11.6 Å². The van der Waals surface area contributed by atoms with E-state index in [1.807, 2.05) is 53.9 Å². The standard InChI is InChI=1S/C3H10BPS5/c1-3-7-9-4-8-5-10-6-2/h4-5H,3H2,1-2H3. The second kappa shape index (κ2) is 11.2. The molecule has 10 heavy (non-hydrogen) atoms. The lowest BCUT2D eigenvalue weighted by molar-refractivity contribution is 1.54. The molecule has 0 spiro atoms. The minimum atomic E-state index is 1.01. The summed E-state index contributed by atoms with van der Waals surface area (Å²) in [7, 11) is 7.73. The van der Waals surface area contributed by atoms with Gasteiger partial charge in [-0.25, -0.2) is 0 Å². The van der Waals surface area contributed by atoms with Crippen molar-refractivity contribution in [2.45, 2.75) is 6.92 Å². The van der Waals surface area contributed by atoms with Gasteiger partial charge >= 0.3 is 0 Å². The molecule has 0 rings (SSSR count). The van der Waals surface area contributed by atoms with E-state index in [0.717, 1.165) is 6.98 Å². The quantitative estimate of drug-likeness (QED) is 0.289. The maximum Gasteiger partial charge on any atom is 0.276 e. The predicted octanol–water partition coefficient (Wildman–Crippen LogP) is 3.91. The summed E-state index contributed by atoms with van der Waals surface area (Å²) in [4.78, 5) is 0. The van der Waals surface area contributed by atoms with Gasteiger partial charge in [-0.15, -0.1) is 21.4 Å². The molecule has 0 fully saturated rings. The van der Waals surface area contributed by atoms with Crippen LogP contribution in [0.25, 0.3) is 0 Å². The van der Waals surface area contributed by atoms with Crippen LogP contribution in [-0.4, -0.2) is 17.8 Å². The van der Waals surface area contributed by atoms with Gasteiger partial charge < -0.3 is 0 Å². The summed E-state index contributed by atoms with van der Waals surface area (Å²) in [6.45, 7) is 3.20. The van der Waals surface area contributed by atoms with Crippen molar-refractivity contribution in [1.82, 2.24) is 0 Å². The van der Waals surface area contributed by atoms with Crippen LogP contribution in [0.3, 0.4) is 0 Å². The van der Waals surface area contributed by atoms with Crippen molar-refractivity contribution in [2.24, 2.45) is 0 Å². The smallest absolute Gasteiger partial charge is 0.163 e. The molecule has 0 aliphatic carbocycles. The summed E-state index contributed by atoms with van der Waals surface area (Å²) in [6.07, 6.45) is 2.13. The van der Waals surface area contributed by atoms with E-state index in [4.69, 9.17) is 0 Å². The lowest BCUT2D eigenvalue weighted by atomic mass is 10.7. The van der Waals surface area contributed by atoms with Gasteiger partial charge in [0.1, 0.15) is 0 Å². The fraction of sp³-hybridized carbons (Fsp3) is 1.00. The van der Waals surface area contributed by atoms with Crippen molar-refractivity contribution in [3.8, 4) is 0 Å². The first-order chi connectivity index (χ1) is 4.91. The van der Waals surface area contributed by atoms with Gasteiger partial charge in [-0.3, -0.25) is 0 Å². The summed E-state index contributed by atoms with van der Waals surface area (Å²) in [5.74, 6) is 2.47. The highest BCUT2D eigenvalue weighted by molar-refractivity contribution is 9.12. The van der Waals surface area contributed by atoms with Gasteiger partial charge in [-0.1, -0.05) is 28.1 Å². The summed E-state index contributed by atoms with van der Waals surface area (Å²) in [6, 6.07) is 0. The SMILES string of the molecule is CCSSBSPSSC. The van der Waals surface area contributed by atoms with Crippen molar-refractivity contribution in [3.63, 3.8) is 0 Å². The van der Waals surface area contributed by atoms with Crippen molar-refractivity contribution < 1.29 is 0 Å². The molecule has 0 bridgehead atoms. The van der Waals surface area contributed by atoms with E-state index < -0.39 is 0 Å². The second-order valence-corrected chi connectivity index (χ2v) is 11.3. The Kier molecular flexibility index (Phi) is 13.8. The first kappa shape index (κ1) is 12.2. The van der Waals surface area contributed by atoms with Crippen molar-refractivity contribution in [2.75, 3.05) is 12.0 Å². The van der Waals surface area contributed by atoms with E-state index in [1.54, 1.807) is 0 Å². The van der Waals surface area contributed by atoms with Crippen LogP contribution < -0.4 is 0 Å². The molecule has 7 heteroatoms. The lowest BCUT2D eigenvalue weighted by Crippen LogP contribution is -1.64. The molecule has 0 saturated carbocycles. The molecule has 1 unspecified atom stereocenters. The Morgan fingerprint density at radius 3 is 2.90 bits per heavy atom. The first-order valence-corrected chi connectivity index (χ1v) is 11.2. The maximum absolute atomic E-state index is 2.20. The fourth-order valence-corrected chi connectivity index (χ4v) is 10.3. The van der Waals surface area contributed by atoms with Crippen molar-refractivity contribution >= 4 is 66.7 Å². The lowest BCUT2D eigenvalue weighted by Gasteiger charge is -1.95. The molecule has 0 aromatic carbocycles. The zero-order chi connectivity index (χ0) is 7.66. The van der Waals surface area contributed by atoms with E-state index >= 15 is 0 Å². The molecule has 0 aromatic rings. The zero-order valence-corrected chi connectivity index (χ0v) is 11.0. The Morgan fingerprint density at radius 2 is 2.30 bits per heavy atom. The highest BCUT2D eigenvalue weighted by atomic mass is 33.4. The van der Waals surface area contributed by atoms with Crippen LogP contribution in [0.4, 0.5) is 0 Å². The van der Waals surface area contributed by atoms with Crippen LogP contribution in [0, 0.1) is 0 Å². The van der Waals surface area contributed by atoms with Gasteiger partial charge in [-0.05, 0) is 19.0 Å². The third-order valence-corrected chi connectivity index (χ3v) is 11.3. The topological polar surface area (TPSA) is 0 Å². The van der Waals surface area contributed by atoms with Crippen LogP contribution >= 0.6 is 60.9 Å². The Balaban J connectivity index is 2.65. The Morgan fingerprint density at radius 1 is 1.50 bits per heavy atom. The average molecular weight is 248 g/mol. The van der Waals surface area contributed by atoms with E-state index in [0.29, 0.717) is 0 Å². The molecule has 0 aliphatic rings. The molecule has 0 heterocycles. The van der Waals surface area contributed by atoms with Crippen LogP contribution in [0.1, 0.15) is 6.92 Å².